The van der Waals surface area contributed by atoms with Gasteiger partial charge in [-0.15, -0.1) is 0 Å². The first-order chi connectivity index (χ1) is 9.95. The first-order valence-corrected chi connectivity index (χ1v) is 6.99. The van der Waals surface area contributed by atoms with E-state index in [2.05, 4.69) is 5.32 Å². The van der Waals surface area contributed by atoms with Gasteiger partial charge >= 0.3 is 5.97 Å². The highest BCUT2D eigenvalue weighted by Gasteiger charge is 2.20. The number of nitrogens with one attached hydrogen (secondary N) is 1. The largest absolute Gasteiger partial charge is 0.481 e. The van der Waals surface area contributed by atoms with Crippen LogP contribution in [0.3, 0.4) is 0 Å². The second kappa shape index (κ2) is 6.72. The van der Waals surface area contributed by atoms with Gasteiger partial charge < -0.3 is 10.4 Å². The van der Waals surface area contributed by atoms with Crippen molar-refractivity contribution in [2.24, 2.45) is 5.92 Å². The summed E-state index contributed by atoms with van der Waals surface area (Å²) in [5.74, 6) is -1.67. The molecule has 1 aliphatic carbocycles. The van der Waals surface area contributed by atoms with E-state index >= 15 is 0 Å². The Morgan fingerprint density at radius 2 is 2.19 bits per heavy atom. The molecule has 1 amide bonds. The number of halogens is 2. The maximum Gasteiger partial charge on any atom is 0.305 e. The third-order valence-corrected chi connectivity index (χ3v) is 3.49. The molecule has 0 radical (unpaired) electrons. The van der Waals surface area contributed by atoms with Gasteiger partial charge in [-0.2, -0.15) is 0 Å². The Morgan fingerprint density at radius 3 is 2.76 bits per heavy atom. The molecule has 1 saturated carbocycles. The van der Waals surface area contributed by atoms with Crippen LogP contribution >= 0.6 is 11.6 Å². The number of hydrogen-bond acceptors (Lipinski definition) is 2. The Morgan fingerprint density at radius 1 is 1.48 bits per heavy atom. The molecule has 0 spiro atoms. The molecule has 21 heavy (non-hydrogen) atoms. The monoisotopic (exact) mass is 311 g/mol. The van der Waals surface area contributed by atoms with E-state index in [0.717, 1.165) is 18.9 Å². The van der Waals surface area contributed by atoms with Crippen LogP contribution < -0.4 is 5.32 Å². The number of carbonyl (C=O) groups excluding carboxylic acids is 1. The van der Waals surface area contributed by atoms with E-state index in [9.17, 15) is 14.0 Å². The summed E-state index contributed by atoms with van der Waals surface area (Å²) in [4.78, 5) is 22.7. The fourth-order valence-corrected chi connectivity index (χ4v) is 2.01. The van der Waals surface area contributed by atoms with Gasteiger partial charge in [-0.25, -0.2) is 4.39 Å². The second-order valence-electron chi connectivity index (χ2n) is 5.03. The van der Waals surface area contributed by atoms with Gasteiger partial charge in [-0.3, -0.25) is 9.59 Å². The minimum atomic E-state index is -1.08. The topological polar surface area (TPSA) is 66.4 Å². The minimum Gasteiger partial charge on any atom is -0.481 e. The zero-order chi connectivity index (χ0) is 15.4. The van der Waals surface area contributed by atoms with E-state index in [1.807, 2.05) is 0 Å². The number of amides is 1. The molecule has 1 aromatic carbocycles. The van der Waals surface area contributed by atoms with Crippen LogP contribution in [0.1, 0.15) is 30.9 Å². The van der Waals surface area contributed by atoms with E-state index < -0.39 is 17.8 Å². The maximum absolute atomic E-state index is 13.5. The summed E-state index contributed by atoms with van der Waals surface area (Å²) in [6.07, 6.45) is 5.02. The number of carboxylic acid groups (broad SMARTS) is 1. The standard InChI is InChI=1S/C15H15ClFNO3/c16-11-5-4-10(7-12(11)17)13(8-15(20)21)18-14(19)6-3-9-1-2-9/h3-7,9,13H,1-2,8H2,(H,18,19)(H,20,21)/b6-3+/t13-/m0/s1. The molecule has 0 aliphatic heterocycles. The molecule has 0 heterocycles. The number of carboxylic acids is 1. The quantitative estimate of drug-likeness (QED) is 0.793. The van der Waals surface area contributed by atoms with Crippen LogP contribution in [0, 0.1) is 11.7 Å². The molecule has 112 valence electrons. The molecule has 0 aromatic heterocycles. The molecule has 1 aromatic rings. The van der Waals surface area contributed by atoms with E-state index in [-0.39, 0.29) is 17.4 Å². The van der Waals surface area contributed by atoms with Crippen LogP contribution in [0.4, 0.5) is 4.39 Å². The van der Waals surface area contributed by atoms with Crippen molar-refractivity contribution < 1.29 is 19.1 Å². The molecule has 1 aliphatic rings. The van der Waals surface area contributed by atoms with Crippen molar-refractivity contribution in [1.29, 1.82) is 0 Å². The van der Waals surface area contributed by atoms with Crippen molar-refractivity contribution in [3.63, 3.8) is 0 Å². The molecular formula is C15H15ClFNO3. The molecule has 0 bridgehead atoms. The van der Waals surface area contributed by atoms with Crippen molar-refractivity contribution in [3.8, 4) is 0 Å². The number of hydrogen-bond donors (Lipinski definition) is 2. The lowest BCUT2D eigenvalue weighted by Gasteiger charge is -2.16. The molecule has 1 fully saturated rings. The Balaban J connectivity index is 2.10. The summed E-state index contributed by atoms with van der Waals surface area (Å²) < 4.78 is 13.5. The van der Waals surface area contributed by atoms with E-state index in [0.29, 0.717) is 11.5 Å². The molecular weight excluding hydrogens is 297 g/mol. The molecule has 2 rings (SSSR count). The summed E-state index contributed by atoms with van der Waals surface area (Å²) in [6.45, 7) is 0. The fraction of sp³-hybridized carbons (Fsp3) is 0.333. The molecule has 6 heteroatoms. The summed E-state index contributed by atoms with van der Waals surface area (Å²) in [5, 5.41) is 11.5. The number of rotatable bonds is 6. The van der Waals surface area contributed by atoms with Crippen LogP contribution in [0.15, 0.2) is 30.4 Å². The predicted molar refractivity (Wildman–Crippen MR) is 76.4 cm³/mol. The third-order valence-electron chi connectivity index (χ3n) is 3.18. The molecule has 2 N–H and O–H groups in total. The van der Waals surface area contributed by atoms with Crippen molar-refractivity contribution in [2.45, 2.75) is 25.3 Å². The summed E-state index contributed by atoms with van der Waals surface area (Å²) >= 11 is 5.60. The Hall–Kier alpha value is -1.88. The number of benzene rings is 1. The Bertz CT molecular complexity index is 584. The highest BCUT2D eigenvalue weighted by molar-refractivity contribution is 6.30. The van der Waals surface area contributed by atoms with Crippen LogP contribution in [0.2, 0.25) is 5.02 Å². The fourth-order valence-electron chi connectivity index (χ4n) is 1.89. The second-order valence-corrected chi connectivity index (χ2v) is 5.44. The minimum absolute atomic E-state index is 0.0484. The van der Waals surface area contributed by atoms with Crippen molar-refractivity contribution in [3.05, 3.63) is 46.8 Å². The van der Waals surface area contributed by atoms with E-state index in [1.54, 1.807) is 6.08 Å². The van der Waals surface area contributed by atoms with E-state index in [1.165, 1.54) is 18.2 Å². The lowest BCUT2D eigenvalue weighted by molar-refractivity contribution is -0.137. The SMILES string of the molecule is O=C(O)C[C@H](NC(=O)/C=C/C1CC1)c1ccc(Cl)c(F)c1. The maximum atomic E-state index is 13.5. The Kier molecular flexibility index (Phi) is 4.96. The van der Waals surface area contributed by atoms with Gasteiger partial charge in [-0.1, -0.05) is 23.7 Å². The highest BCUT2D eigenvalue weighted by atomic mass is 35.5. The molecule has 4 nitrogen and oxygen atoms in total. The summed E-state index contributed by atoms with van der Waals surface area (Å²) in [7, 11) is 0. The number of carbonyl (C=O) groups is 2. The van der Waals surface area contributed by atoms with Crippen molar-refractivity contribution in [2.75, 3.05) is 0 Å². The number of allylic oxidation sites excluding steroid dienone is 1. The van der Waals surface area contributed by atoms with Gasteiger partial charge in [0.05, 0.1) is 17.5 Å². The third kappa shape index (κ3) is 4.86. The zero-order valence-electron chi connectivity index (χ0n) is 11.2. The van der Waals surface area contributed by atoms with Crippen LogP contribution in [0.25, 0.3) is 0 Å². The van der Waals surface area contributed by atoms with Gasteiger partial charge in [0, 0.05) is 0 Å². The van der Waals surface area contributed by atoms with Gasteiger partial charge in [0.25, 0.3) is 0 Å². The normalized spacial score (nSPS) is 15.9. The van der Waals surface area contributed by atoms with Crippen LogP contribution in [0.5, 0.6) is 0 Å². The highest BCUT2D eigenvalue weighted by Crippen LogP contribution is 2.30. The van der Waals surface area contributed by atoms with E-state index in [4.69, 9.17) is 16.7 Å². The van der Waals surface area contributed by atoms with Crippen LogP contribution in [-0.2, 0) is 9.59 Å². The average molecular weight is 312 g/mol. The summed E-state index contributed by atoms with van der Waals surface area (Å²) in [5.41, 5.74) is 0.368. The molecule has 0 unspecified atom stereocenters. The van der Waals surface area contributed by atoms with Gasteiger partial charge in [0.1, 0.15) is 5.82 Å². The lowest BCUT2D eigenvalue weighted by Crippen LogP contribution is -2.28. The first-order valence-electron chi connectivity index (χ1n) is 6.61. The number of aliphatic carboxylic acids is 1. The molecule has 1 atom stereocenters. The van der Waals surface area contributed by atoms with Gasteiger partial charge in [0.2, 0.25) is 5.91 Å². The average Bonchev–Trinajstić information content (AvgIpc) is 3.22. The zero-order valence-corrected chi connectivity index (χ0v) is 11.9. The smallest absolute Gasteiger partial charge is 0.305 e. The molecule has 0 saturated heterocycles. The van der Waals surface area contributed by atoms with Crippen molar-refractivity contribution in [1.82, 2.24) is 5.32 Å². The Labute approximate surface area is 126 Å². The summed E-state index contributed by atoms with van der Waals surface area (Å²) in [6, 6.07) is 3.18. The van der Waals surface area contributed by atoms with Gasteiger partial charge in [-0.05, 0) is 42.5 Å². The van der Waals surface area contributed by atoms with Crippen LogP contribution in [-0.4, -0.2) is 17.0 Å². The lowest BCUT2D eigenvalue weighted by atomic mass is 10.0. The predicted octanol–water partition coefficient (Wildman–Crippen LogP) is 3.08. The first kappa shape index (κ1) is 15.5. The van der Waals surface area contributed by atoms with Gasteiger partial charge in [0.15, 0.2) is 0 Å². The van der Waals surface area contributed by atoms with Crippen molar-refractivity contribution >= 4 is 23.5 Å².